The van der Waals surface area contributed by atoms with E-state index in [1.807, 2.05) is 6.92 Å². The van der Waals surface area contributed by atoms with Gasteiger partial charge < -0.3 is 0 Å². The van der Waals surface area contributed by atoms with Crippen LogP contribution in [0.2, 0.25) is 0 Å². The molecule has 9 heteroatoms. The zero-order chi connectivity index (χ0) is 14.5. The summed E-state index contributed by atoms with van der Waals surface area (Å²) in [5.74, 6) is 0.708. The maximum absolute atomic E-state index is 12.0. The molecule has 106 valence electrons. The summed E-state index contributed by atoms with van der Waals surface area (Å²) in [4.78, 5) is 0.570. The lowest BCUT2D eigenvalue weighted by Crippen LogP contribution is -2.08. The summed E-state index contributed by atoms with van der Waals surface area (Å²) >= 11 is 1.36. The van der Waals surface area contributed by atoms with Crippen molar-refractivity contribution in [2.75, 3.05) is 12.9 Å². The van der Waals surface area contributed by atoms with Crippen molar-refractivity contribution in [1.29, 1.82) is 0 Å². The fourth-order valence-corrected chi connectivity index (χ4v) is 4.03. The van der Waals surface area contributed by atoms with E-state index >= 15 is 0 Å². The van der Waals surface area contributed by atoms with E-state index in [0.717, 1.165) is 7.11 Å². The van der Waals surface area contributed by atoms with Crippen molar-refractivity contribution in [3.63, 3.8) is 0 Å². The smallest absolute Gasteiger partial charge is 0.191 e. The van der Waals surface area contributed by atoms with Crippen molar-refractivity contribution < 1.29 is 26.5 Å². The van der Waals surface area contributed by atoms with Crippen LogP contribution in [0.5, 0.6) is 0 Å². The van der Waals surface area contributed by atoms with Crippen molar-refractivity contribution in [1.82, 2.24) is 0 Å². The summed E-state index contributed by atoms with van der Waals surface area (Å²) in [5.41, 5.74) is 0.523. The lowest BCUT2D eigenvalue weighted by molar-refractivity contribution is -0.0964. The summed E-state index contributed by atoms with van der Waals surface area (Å²) < 4.78 is 47.7. The predicted octanol–water partition coefficient (Wildman–Crippen LogP) is 3.05. The van der Waals surface area contributed by atoms with Crippen molar-refractivity contribution in [2.24, 2.45) is 0 Å². The second kappa shape index (κ2) is 7.33. The van der Waals surface area contributed by atoms with Gasteiger partial charge >= 0.3 is 18.4 Å². The normalized spacial score (nSPS) is 12.5. The maximum atomic E-state index is 12.0. The number of aryl methyl sites for hydroxylation is 1. The highest BCUT2D eigenvalue weighted by Crippen LogP contribution is 2.32. The fraction of sp³-hybridized carbons (Fsp3) is 0.400. The lowest BCUT2D eigenvalue weighted by Gasteiger charge is -2.09. The molecule has 1 aromatic carbocycles. The van der Waals surface area contributed by atoms with Crippen LogP contribution in [-0.4, -0.2) is 21.3 Å². The van der Waals surface area contributed by atoms with E-state index in [1.54, 1.807) is 25.1 Å². The van der Waals surface area contributed by atoms with E-state index < -0.39 is 18.4 Å². The van der Waals surface area contributed by atoms with E-state index in [4.69, 9.17) is 0 Å². The molecule has 0 fully saturated rings. The van der Waals surface area contributed by atoms with Crippen LogP contribution in [0.15, 0.2) is 28.0 Å². The molecule has 0 aliphatic heterocycles. The van der Waals surface area contributed by atoms with Crippen molar-refractivity contribution in [2.45, 2.75) is 23.6 Å². The van der Waals surface area contributed by atoms with Gasteiger partial charge in [0.1, 0.15) is 4.90 Å². The van der Waals surface area contributed by atoms with Crippen LogP contribution in [0.4, 0.5) is 0 Å². The van der Waals surface area contributed by atoms with E-state index in [1.165, 1.54) is 11.8 Å². The average molecular weight is 325 g/mol. The Morgan fingerprint density at radius 2 is 2.05 bits per heavy atom. The number of hydrogen-bond donors (Lipinski definition) is 0. The molecule has 0 spiro atoms. The summed E-state index contributed by atoms with van der Waals surface area (Å²) in [6.45, 7) is 3.55. The Kier molecular flexibility index (Phi) is 6.38. The number of rotatable bonds is 7. The summed E-state index contributed by atoms with van der Waals surface area (Å²) in [5, 5.41) is 0. The first-order chi connectivity index (χ1) is 8.92. The largest absolute Gasteiger partial charge is 0.729 e. The van der Waals surface area contributed by atoms with Crippen LogP contribution < -0.4 is 0 Å². The Balaban J connectivity index is 3.09. The SMILES string of the molecule is CCSc1cccc(C)c1S(=O)(=O)OO[P+](=O)OC. The Morgan fingerprint density at radius 1 is 1.37 bits per heavy atom. The van der Waals surface area contributed by atoms with Gasteiger partial charge in [-0.15, -0.1) is 16.3 Å². The molecule has 0 bridgehead atoms. The quantitative estimate of drug-likeness (QED) is 0.330. The summed E-state index contributed by atoms with van der Waals surface area (Å²) in [7, 11) is -5.66. The summed E-state index contributed by atoms with van der Waals surface area (Å²) in [6, 6.07) is 5.07. The first kappa shape index (κ1) is 16.6. The summed E-state index contributed by atoms with van der Waals surface area (Å²) in [6.07, 6.45) is 0. The van der Waals surface area contributed by atoms with E-state index in [0.29, 0.717) is 16.2 Å². The minimum atomic E-state index is -4.16. The predicted molar refractivity (Wildman–Crippen MR) is 71.5 cm³/mol. The van der Waals surface area contributed by atoms with Crippen LogP contribution >= 0.6 is 20.0 Å². The zero-order valence-corrected chi connectivity index (χ0v) is 13.2. The second-order valence-corrected chi connectivity index (χ2v) is 7.06. The fourth-order valence-electron chi connectivity index (χ4n) is 1.34. The Hall–Kier alpha value is -0.500. The molecule has 0 heterocycles. The number of thioether (sulfide) groups is 1. The molecule has 1 rings (SSSR count). The van der Waals surface area contributed by atoms with Crippen molar-refractivity contribution >= 4 is 30.1 Å². The third kappa shape index (κ3) is 4.52. The van der Waals surface area contributed by atoms with Gasteiger partial charge in [0.25, 0.3) is 0 Å². The minimum Gasteiger partial charge on any atom is -0.191 e. The Morgan fingerprint density at radius 3 is 2.63 bits per heavy atom. The van der Waals surface area contributed by atoms with Gasteiger partial charge in [0.2, 0.25) is 0 Å². The van der Waals surface area contributed by atoms with Crippen molar-refractivity contribution in [3.8, 4) is 0 Å². The monoisotopic (exact) mass is 325 g/mol. The number of hydrogen-bond acceptors (Lipinski definition) is 7. The van der Waals surface area contributed by atoms with Gasteiger partial charge in [-0.2, -0.15) is 8.42 Å². The van der Waals surface area contributed by atoms with E-state index in [2.05, 4.69) is 13.5 Å². The molecule has 0 aliphatic carbocycles. The third-order valence-electron chi connectivity index (χ3n) is 2.06. The molecular weight excluding hydrogens is 311 g/mol. The average Bonchev–Trinajstić information content (AvgIpc) is 2.36. The molecule has 0 N–H and O–H groups in total. The van der Waals surface area contributed by atoms with Gasteiger partial charge in [-0.25, -0.2) is 0 Å². The molecule has 0 saturated carbocycles. The van der Waals surface area contributed by atoms with Crippen LogP contribution in [0, 0.1) is 6.92 Å². The molecule has 1 unspecified atom stereocenters. The molecule has 0 radical (unpaired) electrons. The van der Waals surface area contributed by atoms with Gasteiger partial charge in [0, 0.05) is 9.46 Å². The highest BCUT2D eigenvalue weighted by atomic mass is 32.2. The standard InChI is InChI=1S/C10H14O6PS2/c1-4-18-9-7-5-6-8(2)10(9)19(12,13)16-15-17(11)14-3/h5-7H,4H2,1-3H3/q+1. The lowest BCUT2D eigenvalue weighted by atomic mass is 10.2. The van der Waals surface area contributed by atoms with Crippen LogP contribution in [0.3, 0.4) is 0 Å². The molecule has 0 aromatic heterocycles. The third-order valence-corrected chi connectivity index (χ3v) is 5.01. The van der Waals surface area contributed by atoms with Crippen LogP contribution in [0.1, 0.15) is 12.5 Å². The first-order valence-electron chi connectivity index (χ1n) is 5.27. The molecule has 6 nitrogen and oxygen atoms in total. The van der Waals surface area contributed by atoms with Gasteiger partial charge in [0.05, 0.1) is 11.8 Å². The first-order valence-corrected chi connectivity index (χ1v) is 8.76. The highest BCUT2D eigenvalue weighted by Gasteiger charge is 2.30. The highest BCUT2D eigenvalue weighted by molar-refractivity contribution is 8.00. The molecule has 19 heavy (non-hydrogen) atoms. The number of benzene rings is 1. The van der Waals surface area contributed by atoms with Crippen molar-refractivity contribution in [3.05, 3.63) is 23.8 Å². The minimum absolute atomic E-state index is 0.0151. The molecule has 1 aromatic rings. The molecule has 0 saturated heterocycles. The Bertz CT molecular complexity index is 557. The van der Waals surface area contributed by atoms with Crippen LogP contribution in [-0.2, 0) is 28.2 Å². The van der Waals surface area contributed by atoms with Gasteiger partial charge in [-0.05, 0) is 24.3 Å². The molecular formula is C10H14O6PS2+. The second-order valence-electron chi connectivity index (χ2n) is 3.34. The molecule has 0 aliphatic rings. The van der Waals surface area contributed by atoms with Crippen LogP contribution in [0.25, 0.3) is 0 Å². The molecule has 1 atom stereocenters. The van der Waals surface area contributed by atoms with E-state index in [-0.39, 0.29) is 4.90 Å². The van der Waals surface area contributed by atoms with E-state index in [9.17, 15) is 13.0 Å². The van der Waals surface area contributed by atoms with Gasteiger partial charge in [0.15, 0.2) is 0 Å². The topological polar surface area (TPSA) is 78.9 Å². The van der Waals surface area contributed by atoms with Gasteiger partial charge in [-0.3, -0.25) is 0 Å². The Labute approximate surface area is 117 Å². The van der Waals surface area contributed by atoms with Gasteiger partial charge in [-0.1, -0.05) is 23.4 Å². The molecule has 0 amide bonds. The maximum Gasteiger partial charge on any atom is 0.729 e. The zero-order valence-electron chi connectivity index (χ0n) is 10.7.